The minimum absolute atomic E-state index is 0.247. The van der Waals surface area contributed by atoms with Crippen LogP contribution >= 0.6 is 0 Å². The Bertz CT molecular complexity index is 695. The molecule has 0 amide bonds. The van der Waals surface area contributed by atoms with Gasteiger partial charge < -0.3 is 5.73 Å². The Morgan fingerprint density at radius 3 is 2.26 bits per heavy atom. The number of nitrogens with one attached hydrogen (secondary N) is 1. The molecule has 0 aliphatic heterocycles. The van der Waals surface area contributed by atoms with Crippen LogP contribution in [0.1, 0.15) is 11.1 Å². The number of para-hydroxylation sites is 1. The number of nitrogen functional groups attached to an aromatic ring is 1. The van der Waals surface area contributed by atoms with E-state index >= 15 is 0 Å². The van der Waals surface area contributed by atoms with Crippen LogP contribution in [0.5, 0.6) is 0 Å². The van der Waals surface area contributed by atoms with E-state index < -0.39 is 10.0 Å². The Labute approximate surface area is 113 Å². The molecular weight excluding hydrogens is 260 g/mol. The third-order valence-corrected chi connectivity index (χ3v) is 4.61. The lowest BCUT2D eigenvalue weighted by molar-refractivity contribution is 0.600. The molecule has 4 nitrogen and oxygen atoms in total. The molecule has 0 spiro atoms. The molecule has 5 heteroatoms. The molecule has 2 aromatic rings. The number of sulfonamides is 1. The summed E-state index contributed by atoms with van der Waals surface area (Å²) in [6, 6.07) is 12.2. The van der Waals surface area contributed by atoms with Crippen molar-refractivity contribution in [2.75, 3.05) is 10.5 Å². The molecule has 0 saturated heterocycles. The Hall–Kier alpha value is -2.01. The minimum atomic E-state index is -3.63. The van der Waals surface area contributed by atoms with Crippen molar-refractivity contribution >= 4 is 21.4 Å². The summed E-state index contributed by atoms with van der Waals surface area (Å²) < 4.78 is 27.4. The van der Waals surface area contributed by atoms with E-state index in [4.69, 9.17) is 5.73 Å². The summed E-state index contributed by atoms with van der Waals surface area (Å²) in [6.07, 6.45) is 0. The van der Waals surface area contributed by atoms with Gasteiger partial charge in [0, 0.05) is 11.4 Å². The lowest BCUT2D eigenvalue weighted by Gasteiger charge is -2.14. The summed E-state index contributed by atoms with van der Waals surface area (Å²) >= 11 is 0. The fraction of sp³-hybridized carbons (Fsp3) is 0.143. The summed E-state index contributed by atoms with van der Waals surface area (Å²) in [6.45, 7) is 3.47. The molecule has 3 N–H and O–H groups in total. The molecule has 100 valence electrons. The van der Waals surface area contributed by atoms with Gasteiger partial charge in [-0.05, 0) is 43.2 Å². The first-order valence-electron chi connectivity index (χ1n) is 5.85. The molecule has 2 aromatic carbocycles. The van der Waals surface area contributed by atoms with E-state index in [-0.39, 0.29) is 4.90 Å². The van der Waals surface area contributed by atoms with E-state index in [0.29, 0.717) is 22.5 Å². The van der Waals surface area contributed by atoms with Gasteiger partial charge in [0.05, 0.1) is 4.90 Å². The smallest absolute Gasteiger partial charge is 0.262 e. The highest BCUT2D eigenvalue weighted by atomic mass is 32.2. The second-order valence-corrected chi connectivity index (χ2v) is 6.02. The molecule has 0 aromatic heterocycles. The van der Waals surface area contributed by atoms with Crippen molar-refractivity contribution in [2.45, 2.75) is 18.7 Å². The van der Waals surface area contributed by atoms with Gasteiger partial charge in [0.25, 0.3) is 10.0 Å². The fourth-order valence-corrected chi connectivity index (χ4v) is 3.53. The minimum Gasteiger partial charge on any atom is -0.398 e. The van der Waals surface area contributed by atoms with Gasteiger partial charge in [-0.1, -0.05) is 24.3 Å². The maximum Gasteiger partial charge on any atom is 0.262 e. The third kappa shape index (κ3) is 2.71. The lowest BCUT2D eigenvalue weighted by atomic mass is 10.1. The number of aryl methyl sites for hydroxylation is 1. The third-order valence-electron chi connectivity index (χ3n) is 2.94. The first-order valence-corrected chi connectivity index (χ1v) is 7.33. The standard InChI is InChI=1S/C14H16N2O2S/c1-10-8-9-13(15)11(2)14(10)19(17,18)16-12-6-4-3-5-7-12/h3-9,16H,15H2,1-2H3. The highest BCUT2D eigenvalue weighted by molar-refractivity contribution is 7.92. The molecule has 0 unspecified atom stereocenters. The predicted molar refractivity (Wildman–Crippen MR) is 77.6 cm³/mol. The van der Waals surface area contributed by atoms with Crippen molar-refractivity contribution in [2.24, 2.45) is 0 Å². The average molecular weight is 276 g/mol. The molecule has 0 bridgehead atoms. The molecule has 0 radical (unpaired) electrons. The van der Waals surface area contributed by atoms with Crippen LogP contribution in [0.4, 0.5) is 11.4 Å². The molecule has 0 aliphatic rings. The Kier molecular flexibility index (Phi) is 3.48. The van der Waals surface area contributed by atoms with E-state index in [9.17, 15) is 8.42 Å². The van der Waals surface area contributed by atoms with Gasteiger partial charge in [0.2, 0.25) is 0 Å². The average Bonchev–Trinajstić information content (AvgIpc) is 2.35. The Balaban J connectivity index is 2.49. The van der Waals surface area contributed by atoms with Crippen molar-refractivity contribution in [3.63, 3.8) is 0 Å². The van der Waals surface area contributed by atoms with E-state index in [1.165, 1.54) is 0 Å². The second kappa shape index (κ2) is 4.93. The summed E-state index contributed by atoms with van der Waals surface area (Å²) in [4.78, 5) is 0.247. The van der Waals surface area contributed by atoms with Gasteiger partial charge >= 0.3 is 0 Å². The van der Waals surface area contributed by atoms with Crippen molar-refractivity contribution < 1.29 is 8.42 Å². The molecular formula is C14H16N2O2S. The number of rotatable bonds is 3. The zero-order chi connectivity index (χ0) is 14.0. The molecule has 0 saturated carbocycles. The van der Waals surface area contributed by atoms with Crippen LogP contribution in [0, 0.1) is 13.8 Å². The molecule has 0 aliphatic carbocycles. The number of anilines is 2. The number of benzene rings is 2. The zero-order valence-electron chi connectivity index (χ0n) is 10.8. The fourth-order valence-electron chi connectivity index (χ4n) is 1.97. The summed E-state index contributed by atoms with van der Waals surface area (Å²) in [5.41, 5.74) is 8.04. The number of nitrogens with two attached hydrogens (primary N) is 1. The first-order chi connectivity index (χ1) is 8.92. The zero-order valence-corrected chi connectivity index (χ0v) is 11.7. The van der Waals surface area contributed by atoms with Gasteiger partial charge in [-0.15, -0.1) is 0 Å². The largest absolute Gasteiger partial charge is 0.398 e. The normalized spacial score (nSPS) is 11.3. The van der Waals surface area contributed by atoms with Crippen LogP contribution in [0.3, 0.4) is 0 Å². The predicted octanol–water partition coefficient (Wildman–Crippen LogP) is 2.69. The van der Waals surface area contributed by atoms with Gasteiger partial charge in [0.15, 0.2) is 0 Å². The van der Waals surface area contributed by atoms with Gasteiger partial charge in [0.1, 0.15) is 0 Å². The maximum atomic E-state index is 12.4. The molecule has 0 heterocycles. The van der Waals surface area contributed by atoms with Gasteiger partial charge in [-0.2, -0.15) is 0 Å². The van der Waals surface area contributed by atoms with E-state index in [1.54, 1.807) is 50.2 Å². The van der Waals surface area contributed by atoms with E-state index in [1.807, 2.05) is 6.07 Å². The van der Waals surface area contributed by atoms with Gasteiger partial charge in [-0.25, -0.2) is 8.42 Å². The van der Waals surface area contributed by atoms with Crippen LogP contribution < -0.4 is 10.5 Å². The monoisotopic (exact) mass is 276 g/mol. The van der Waals surface area contributed by atoms with Gasteiger partial charge in [-0.3, -0.25) is 4.72 Å². The van der Waals surface area contributed by atoms with Crippen molar-refractivity contribution in [1.29, 1.82) is 0 Å². The van der Waals surface area contributed by atoms with Crippen LogP contribution in [0.2, 0.25) is 0 Å². The van der Waals surface area contributed by atoms with Crippen molar-refractivity contribution in [3.8, 4) is 0 Å². The molecule has 19 heavy (non-hydrogen) atoms. The molecule has 0 fully saturated rings. The van der Waals surface area contributed by atoms with Crippen molar-refractivity contribution in [1.82, 2.24) is 0 Å². The van der Waals surface area contributed by atoms with Crippen LogP contribution in [0.25, 0.3) is 0 Å². The van der Waals surface area contributed by atoms with Crippen LogP contribution in [-0.4, -0.2) is 8.42 Å². The molecule has 2 rings (SSSR count). The SMILES string of the molecule is Cc1ccc(N)c(C)c1S(=O)(=O)Nc1ccccc1. The lowest BCUT2D eigenvalue weighted by Crippen LogP contribution is -2.16. The topological polar surface area (TPSA) is 72.2 Å². The van der Waals surface area contributed by atoms with E-state index in [0.717, 1.165) is 0 Å². The summed E-state index contributed by atoms with van der Waals surface area (Å²) in [5, 5.41) is 0. The first kappa shape index (κ1) is 13.4. The number of hydrogen-bond acceptors (Lipinski definition) is 3. The number of hydrogen-bond donors (Lipinski definition) is 2. The van der Waals surface area contributed by atoms with Crippen LogP contribution in [-0.2, 0) is 10.0 Å². The summed E-state index contributed by atoms with van der Waals surface area (Å²) in [7, 11) is -3.63. The van der Waals surface area contributed by atoms with Crippen LogP contribution in [0.15, 0.2) is 47.4 Å². The van der Waals surface area contributed by atoms with E-state index in [2.05, 4.69) is 4.72 Å². The summed E-state index contributed by atoms with van der Waals surface area (Å²) in [5.74, 6) is 0. The second-order valence-electron chi connectivity index (χ2n) is 4.40. The maximum absolute atomic E-state index is 12.4. The Morgan fingerprint density at radius 2 is 1.63 bits per heavy atom. The molecule has 0 atom stereocenters. The Morgan fingerprint density at radius 1 is 1.00 bits per heavy atom. The van der Waals surface area contributed by atoms with Crippen molar-refractivity contribution in [3.05, 3.63) is 53.6 Å². The highest BCUT2D eigenvalue weighted by Gasteiger charge is 2.20. The quantitative estimate of drug-likeness (QED) is 0.847. The highest BCUT2D eigenvalue weighted by Crippen LogP contribution is 2.26.